The Morgan fingerprint density at radius 3 is 2.80 bits per heavy atom. The van der Waals surface area contributed by atoms with E-state index in [2.05, 4.69) is 15.9 Å². The highest BCUT2D eigenvalue weighted by Gasteiger charge is 2.07. The van der Waals surface area contributed by atoms with Gasteiger partial charge in [-0.15, -0.1) is 0 Å². The van der Waals surface area contributed by atoms with Gasteiger partial charge in [-0.3, -0.25) is 10.1 Å². The number of hydrogen-bond donors (Lipinski definition) is 1. The number of halogens is 1. The van der Waals surface area contributed by atoms with Gasteiger partial charge in [0, 0.05) is 16.6 Å². The Balaban J connectivity index is 3.15. The molecule has 80 valence electrons. The predicted molar refractivity (Wildman–Crippen MR) is 61.5 cm³/mol. The van der Waals surface area contributed by atoms with Crippen LogP contribution in [0.1, 0.15) is 12.5 Å². The highest BCUT2D eigenvalue weighted by molar-refractivity contribution is 9.10. The lowest BCUT2D eigenvalue weighted by Crippen LogP contribution is -1.89. The zero-order chi connectivity index (χ0) is 11.4. The molecule has 0 bridgehead atoms. The van der Waals surface area contributed by atoms with Crippen molar-refractivity contribution in [2.75, 3.05) is 6.61 Å². The molecule has 1 N–H and O–H groups in total. The van der Waals surface area contributed by atoms with E-state index >= 15 is 0 Å². The van der Waals surface area contributed by atoms with Crippen molar-refractivity contribution in [3.8, 4) is 0 Å². The summed E-state index contributed by atoms with van der Waals surface area (Å²) in [6.07, 6.45) is 1.71. The van der Waals surface area contributed by atoms with E-state index < -0.39 is 4.92 Å². The summed E-state index contributed by atoms with van der Waals surface area (Å²) in [4.78, 5) is 10.1. The van der Waals surface area contributed by atoms with Gasteiger partial charge in [0.05, 0.1) is 11.5 Å². The third kappa shape index (κ3) is 3.45. The van der Waals surface area contributed by atoms with Crippen LogP contribution in [0.4, 0.5) is 5.69 Å². The minimum atomic E-state index is -0.448. The van der Waals surface area contributed by atoms with Crippen LogP contribution >= 0.6 is 15.9 Å². The van der Waals surface area contributed by atoms with Gasteiger partial charge in [-0.05, 0) is 24.1 Å². The van der Waals surface area contributed by atoms with Crippen molar-refractivity contribution in [1.82, 2.24) is 0 Å². The van der Waals surface area contributed by atoms with Gasteiger partial charge in [-0.25, -0.2) is 0 Å². The Labute approximate surface area is 95.5 Å². The number of rotatable bonds is 3. The fourth-order valence-electron chi connectivity index (χ4n) is 1.12. The Kier molecular flexibility index (Phi) is 3.99. The van der Waals surface area contributed by atoms with Crippen LogP contribution in [0.3, 0.4) is 0 Å². The van der Waals surface area contributed by atoms with Crippen molar-refractivity contribution in [2.45, 2.75) is 6.92 Å². The average Bonchev–Trinajstić information content (AvgIpc) is 2.16. The zero-order valence-electron chi connectivity index (χ0n) is 8.11. The van der Waals surface area contributed by atoms with Crippen LogP contribution in [-0.2, 0) is 0 Å². The molecule has 0 atom stereocenters. The second-order valence-corrected chi connectivity index (χ2v) is 4.06. The standard InChI is InChI=1S/C10H10BrNO3/c1-7(6-13)2-8-3-9(11)5-10(4-8)12(14)15/h2-5,13H,6H2,1H3/b7-2+. The van der Waals surface area contributed by atoms with Gasteiger partial charge in [0.25, 0.3) is 5.69 Å². The monoisotopic (exact) mass is 271 g/mol. The van der Waals surface area contributed by atoms with Gasteiger partial charge in [-0.2, -0.15) is 0 Å². The van der Waals surface area contributed by atoms with E-state index in [1.807, 2.05) is 0 Å². The van der Waals surface area contributed by atoms with Gasteiger partial charge in [0.15, 0.2) is 0 Å². The van der Waals surface area contributed by atoms with Crippen LogP contribution < -0.4 is 0 Å². The molecule has 0 aliphatic rings. The molecule has 0 spiro atoms. The van der Waals surface area contributed by atoms with E-state index in [0.29, 0.717) is 10.0 Å². The quantitative estimate of drug-likeness (QED) is 0.679. The molecule has 4 nitrogen and oxygen atoms in total. The van der Waals surface area contributed by atoms with Gasteiger partial charge < -0.3 is 5.11 Å². The van der Waals surface area contributed by atoms with Crippen LogP contribution in [0.25, 0.3) is 6.08 Å². The SMILES string of the molecule is C/C(=C\c1cc(Br)cc([N+](=O)[O-])c1)CO. The maximum atomic E-state index is 10.6. The predicted octanol–water partition coefficient (Wildman–Crippen LogP) is 2.75. The second-order valence-electron chi connectivity index (χ2n) is 3.15. The molecule has 0 saturated heterocycles. The van der Waals surface area contributed by atoms with E-state index in [0.717, 1.165) is 5.57 Å². The molecule has 1 aromatic rings. The van der Waals surface area contributed by atoms with E-state index in [4.69, 9.17) is 5.11 Å². The lowest BCUT2D eigenvalue weighted by molar-refractivity contribution is -0.384. The average molecular weight is 272 g/mol. The molecule has 0 aromatic heterocycles. The molecular weight excluding hydrogens is 262 g/mol. The molecule has 0 radical (unpaired) electrons. The first-order chi connectivity index (χ1) is 7.02. The van der Waals surface area contributed by atoms with Crippen molar-refractivity contribution in [2.24, 2.45) is 0 Å². The summed E-state index contributed by atoms with van der Waals surface area (Å²) < 4.78 is 0.647. The van der Waals surface area contributed by atoms with E-state index in [9.17, 15) is 10.1 Å². The lowest BCUT2D eigenvalue weighted by Gasteiger charge is -1.99. The summed E-state index contributed by atoms with van der Waals surface area (Å²) in [5, 5.41) is 19.4. The van der Waals surface area contributed by atoms with E-state index in [1.165, 1.54) is 12.1 Å². The van der Waals surface area contributed by atoms with Gasteiger partial charge >= 0.3 is 0 Å². The van der Waals surface area contributed by atoms with E-state index in [1.54, 1.807) is 19.1 Å². The number of hydrogen-bond acceptors (Lipinski definition) is 3. The molecule has 0 heterocycles. The lowest BCUT2D eigenvalue weighted by atomic mass is 10.1. The molecular formula is C10H10BrNO3. The Morgan fingerprint density at radius 1 is 1.60 bits per heavy atom. The molecule has 0 aliphatic carbocycles. The molecule has 1 rings (SSSR count). The second kappa shape index (κ2) is 5.04. The highest BCUT2D eigenvalue weighted by atomic mass is 79.9. The number of aliphatic hydroxyl groups excluding tert-OH is 1. The fraction of sp³-hybridized carbons (Fsp3) is 0.200. The smallest absolute Gasteiger partial charge is 0.271 e. The molecule has 0 fully saturated rings. The third-order valence-electron chi connectivity index (χ3n) is 1.78. The van der Waals surface area contributed by atoms with Crippen molar-refractivity contribution in [3.05, 3.63) is 43.9 Å². The minimum absolute atomic E-state index is 0.0290. The molecule has 1 aromatic carbocycles. The summed E-state index contributed by atoms with van der Waals surface area (Å²) in [6.45, 7) is 1.70. The van der Waals surface area contributed by atoms with Crippen molar-refractivity contribution in [3.63, 3.8) is 0 Å². The number of nitro groups is 1. The number of aliphatic hydroxyl groups is 1. The number of nitro benzene ring substituents is 1. The summed E-state index contributed by atoms with van der Waals surface area (Å²) in [6, 6.07) is 4.65. The molecule has 0 unspecified atom stereocenters. The number of nitrogens with zero attached hydrogens (tertiary/aromatic N) is 1. The van der Waals surface area contributed by atoms with Gasteiger partial charge in [0.1, 0.15) is 0 Å². The molecule has 15 heavy (non-hydrogen) atoms. The summed E-state index contributed by atoms with van der Waals surface area (Å²) >= 11 is 3.20. The third-order valence-corrected chi connectivity index (χ3v) is 2.24. The minimum Gasteiger partial charge on any atom is -0.392 e. The highest BCUT2D eigenvalue weighted by Crippen LogP contribution is 2.22. The normalized spacial score (nSPS) is 11.5. The first-order valence-electron chi connectivity index (χ1n) is 4.26. The molecule has 0 amide bonds. The van der Waals surface area contributed by atoms with Crippen LogP contribution in [-0.4, -0.2) is 16.6 Å². The summed E-state index contributed by atoms with van der Waals surface area (Å²) in [5.41, 5.74) is 1.48. The van der Waals surface area contributed by atoms with Gasteiger partial charge in [-0.1, -0.05) is 22.0 Å². The van der Waals surface area contributed by atoms with Gasteiger partial charge in [0.2, 0.25) is 0 Å². The zero-order valence-corrected chi connectivity index (χ0v) is 9.69. The van der Waals surface area contributed by atoms with E-state index in [-0.39, 0.29) is 12.3 Å². The van der Waals surface area contributed by atoms with Crippen molar-refractivity contribution < 1.29 is 10.0 Å². The van der Waals surface area contributed by atoms with Crippen LogP contribution in [0.2, 0.25) is 0 Å². The number of benzene rings is 1. The molecule has 0 aliphatic heterocycles. The fourth-order valence-corrected chi connectivity index (χ4v) is 1.61. The summed E-state index contributed by atoms with van der Waals surface area (Å²) in [5.74, 6) is 0. The van der Waals surface area contributed by atoms with Crippen LogP contribution in [0.15, 0.2) is 28.2 Å². The first kappa shape index (κ1) is 11.9. The largest absolute Gasteiger partial charge is 0.392 e. The Bertz CT molecular complexity index is 415. The van der Waals surface area contributed by atoms with Crippen LogP contribution in [0.5, 0.6) is 0 Å². The summed E-state index contributed by atoms with van der Waals surface area (Å²) in [7, 11) is 0. The number of non-ortho nitro benzene ring substituents is 1. The van der Waals surface area contributed by atoms with Crippen LogP contribution in [0, 0.1) is 10.1 Å². The first-order valence-corrected chi connectivity index (χ1v) is 5.05. The topological polar surface area (TPSA) is 63.4 Å². The molecule has 0 saturated carbocycles. The Hall–Kier alpha value is -1.20. The molecule has 5 heteroatoms. The van der Waals surface area contributed by atoms with Crippen molar-refractivity contribution >= 4 is 27.7 Å². The maximum absolute atomic E-state index is 10.6. The Morgan fingerprint density at radius 2 is 2.27 bits per heavy atom. The van der Waals surface area contributed by atoms with Crippen molar-refractivity contribution in [1.29, 1.82) is 0 Å². The maximum Gasteiger partial charge on any atom is 0.271 e.